The second kappa shape index (κ2) is 7.53. The van der Waals surface area contributed by atoms with Crippen LogP contribution in [0.2, 0.25) is 0 Å². The molecule has 0 radical (unpaired) electrons. The molecule has 0 bridgehead atoms. The summed E-state index contributed by atoms with van der Waals surface area (Å²) in [7, 11) is 0. The Bertz CT molecular complexity index is 929. The number of ether oxygens (including phenoxy) is 1. The summed E-state index contributed by atoms with van der Waals surface area (Å²) in [4.78, 5) is 36.3. The number of hydrogen-bond acceptors (Lipinski definition) is 4. The third-order valence-electron chi connectivity index (χ3n) is 4.62. The molecular weight excluding hydrogens is 352 g/mol. The predicted octanol–water partition coefficient (Wildman–Crippen LogP) is 2.16. The van der Waals surface area contributed by atoms with E-state index in [1.165, 1.54) is 4.57 Å². The SMILES string of the molecule is C=CCCn1c(O[C@@H]2C[C@@H](C(=O)O)N(C(=O)O)C2)cc2ccccc2c1=O. The number of rotatable bonds is 6. The monoisotopic (exact) mass is 372 g/mol. The summed E-state index contributed by atoms with van der Waals surface area (Å²) in [5.74, 6) is -0.923. The van der Waals surface area contributed by atoms with Gasteiger partial charge in [0.05, 0.1) is 6.54 Å². The van der Waals surface area contributed by atoms with Gasteiger partial charge in [-0.2, -0.15) is 0 Å². The summed E-state index contributed by atoms with van der Waals surface area (Å²) >= 11 is 0. The standard InChI is InChI=1S/C19H20N2O6/c1-2-3-8-20-16(9-12-6-4-5-7-14(12)17(20)22)27-13-10-15(18(23)24)21(11-13)19(25)26/h2,4-7,9,13,15H,1,3,8,10-11H2,(H,23,24)(H,25,26)/t13-,15+/m1/s1. The lowest BCUT2D eigenvalue weighted by molar-refractivity contribution is -0.141. The highest BCUT2D eigenvalue weighted by atomic mass is 16.5. The van der Waals surface area contributed by atoms with Crippen molar-refractivity contribution in [2.75, 3.05) is 6.54 Å². The van der Waals surface area contributed by atoms with E-state index in [1.54, 1.807) is 30.3 Å². The van der Waals surface area contributed by atoms with E-state index < -0.39 is 24.2 Å². The predicted molar refractivity (Wildman–Crippen MR) is 98.2 cm³/mol. The van der Waals surface area contributed by atoms with E-state index in [2.05, 4.69) is 6.58 Å². The average molecular weight is 372 g/mol. The molecule has 1 fully saturated rings. The number of hydrogen-bond donors (Lipinski definition) is 2. The minimum Gasteiger partial charge on any atom is -0.480 e. The number of benzene rings is 1. The van der Waals surface area contributed by atoms with Crippen molar-refractivity contribution in [3.8, 4) is 5.88 Å². The van der Waals surface area contributed by atoms with Crippen LogP contribution >= 0.6 is 0 Å². The van der Waals surface area contributed by atoms with E-state index in [0.29, 0.717) is 29.6 Å². The lowest BCUT2D eigenvalue weighted by atomic mass is 10.1. The minimum atomic E-state index is -1.31. The van der Waals surface area contributed by atoms with Gasteiger partial charge in [-0.3, -0.25) is 14.3 Å². The number of pyridine rings is 1. The van der Waals surface area contributed by atoms with E-state index in [9.17, 15) is 24.6 Å². The summed E-state index contributed by atoms with van der Waals surface area (Å²) in [5.41, 5.74) is -0.215. The molecule has 8 nitrogen and oxygen atoms in total. The number of fused-ring (bicyclic) bond motifs is 1. The van der Waals surface area contributed by atoms with E-state index in [1.807, 2.05) is 6.07 Å². The van der Waals surface area contributed by atoms with Gasteiger partial charge in [-0.15, -0.1) is 6.58 Å². The van der Waals surface area contributed by atoms with Crippen LogP contribution in [0, 0.1) is 0 Å². The highest BCUT2D eigenvalue weighted by molar-refractivity contribution is 5.82. The summed E-state index contributed by atoms with van der Waals surface area (Å²) in [6.07, 6.45) is 0.296. The number of carboxylic acid groups (broad SMARTS) is 2. The molecule has 8 heteroatoms. The first-order valence-corrected chi connectivity index (χ1v) is 8.55. The number of nitrogens with zero attached hydrogens (tertiary/aromatic N) is 2. The van der Waals surface area contributed by atoms with Gasteiger partial charge in [-0.05, 0) is 17.9 Å². The number of allylic oxidation sites excluding steroid dienone is 1. The number of carbonyl (C=O) groups is 2. The molecular formula is C19H20N2O6. The van der Waals surface area contributed by atoms with Crippen molar-refractivity contribution in [3.05, 3.63) is 53.3 Å². The quantitative estimate of drug-likeness (QED) is 0.752. The fourth-order valence-electron chi connectivity index (χ4n) is 3.30. The maximum absolute atomic E-state index is 12.8. The lowest BCUT2D eigenvalue weighted by Gasteiger charge is -2.19. The van der Waals surface area contributed by atoms with Crippen molar-refractivity contribution >= 4 is 22.8 Å². The summed E-state index contributed by atoms with van der Waals surface area (Å²) in [5, 5.41) is 19.7. The van der Waals surface area contributed by atoms with Gasteiger partial charge in [0.25, 0.3) is 5.56 Å². The molecule has 0 aliphatic carbocycles. The second-order valence-electron chi connectivity index (χ2n) is 6.37. The van der Waals surface area contributed by atoms with Gasteiger partial charge in [0.15, 0.2) is 5.88 Å². The third kappa shape index (κ3) is 3.64. The molecule has 142 valence electrons. The molecule has 1 aromatic carbocycles. The van der Waals surface area contributed by atoms with Crippen molar-refractivity contribution in [1.29, 1.82) is 0 Å². The first-order valence-electron chi connectivity index (χ1n) is 8.55. The maximum Gasteiger partial charge on any atom is 0.408 e. The van der Waals surface area contributed by atoms with E-state index in [4.69, 9.17) is 4.74 Å². The molecule has 1 amide bonds. The van der Waals surface area contributed by atoms with E-state index in [-0.39, 0.29) is 18.5 Å². The van der Waals surface area contributed by atoms with Crippen LogP contribution < -0.4 is 10.3 Å². The molecule has 2 heterocycles. The van der Waals surface area contributed by atoms with Crippen molar-refractivity contribution in [1.82, 2.24) is 9.47 Å². The zero-order valence-electron chi connectivity index (χ0n) is 14.6. The molecule has 0 spiro atoms. The van der Waals surface area contributed by atoms with Gasteiger partial charge in [0.2, 0.25) is 0 Å². The van der Waals surface area contributed by atoms with Crippen molar-refractivity contribution in [2.24, 2.45) is 0 Å². The third-order valence-corrected chi connectivity index (χ3v) is 4.62. The van der Waals surface area contributed by atoms with Crippen LogP contribution in [-0.4, -0.2) is 50.4 Å². The molecule has 1 saturated heterocycles. The average Bonchev–Trinajstić information content (AvgIpc) is 3.06. The number of carboxylic acids is 1. The molecule has 0 unspecified atom stereocenters. The number of likely N-dealkylation sites (tertiary alicyclic amines) is 1. The van der Waals surface area contributed by atoms with E-state index >= 15 is 0 Å². The molecule has 2 atom stereocenters. The molecule has 0 saturated carbocycles. The first kappa shape index (κ1) is 18.5. The Hall–Kier alpha value is -3.29. The zero-order valence-corrected chi connectivity index (χ0v) is 14.6. The number of amides is 1. The summed E-state index contributed by atoms with van der Waals surface area (Å²) in [6.45, 7) is 3.95. The van der Waals surface area contributed by atoms with Gasteiger partial charge in [0.1, 0.15) is 12.1 Å². The van der Waals surface area contributed by atoms with Crippen molar-refractivity contribution in [3.63, 3.8) is 0 Å². The van der Waals surface area contributed by atoms with Crippen molar-refractivity contribution < 1.29 is 24.5 Å². The molecule has 1 aromatic heterocycles. The van der Waals surface area contributed by atoms with Gasteiger partial charge in [-0.1, -0.05) is 24.3 Å². The lowest BCUT2D eigenvalue weighted by Crippen LogP contribution is -2.39. The largest absolute Gasteiger partial charge is 0.480 e. The van der Waals surface area contributed by atoms with Crippen LogP contribution in [0.25, 0.3) is 10.8 Å². The number of aromatic nitrogens is 1. The highest BCUT2D eigenvalue weighted by Gasteiger charge is 2.41. The van der Waals surface area contributed by atoms with Crippen LogP contribution in [-0.2, 0) is 11.3 Å². The Balaban J connectivity index is 1.96. The Kier molecular flexibility index (Phi) is 5.16. The fraction of sp³-hybridized carbons (Fsp3) is 0.316. The number of aliphatic carboxylic acids is 1. The van der Waals surface area contributed by atoms with Gasteiger partial charge >= 0.3 is 12.1 Å². The smallest absolute Gasteiger partial charge is 0.408 e. The Labute approximate surface area is 154 Å². The Morgan fingerprint density at radius 3 is 2.67 bits per heavy atom. The van der Waals surface area contributed by atoms with Crippen LogP contribution in [0.15, 0.2) is 47.8 Å². The summed E-state index contributed by atoms with van der Waals surface area (Å²) in [6, 6.07) is 7.66. The normalized spacial score (nSPS) is 19.2. The van der Waals surface area contributed by atoms with Gasteiger partial charge < -0.3 is 14.9 Å². The molecule has 2 N–H and O–H groups in total. The maximum atomic E-state index is 12.8. The molecule has 3 rings (SSSR count). The van der Waals surface area contributed by atoms with Gasteiger partial charge in [-0.25, -0.2) is 9.59 Å². The van der Waals surface area contributed by atoms with E-state index in [0.717, 1.165) is 4.90 Å². The zero-order chi connectivity index (χ0) is 19.6. The second-order valence-corrected chi connectivity index (χ2v) is 6.37. The molecule has 2 aromatic rings. The Morgan fingerprint density at radius 2 is 2.04 bits per heavy atom. The Morgan fingerprint density at radius 1 is 1.30 bits per heavy atom. The minimum absolute atomic E-state index is 0.0180. The van der Waals surface area contributed by atoms with Crippen LogP contribution in [0.5, 0.6) is 5.88 Å². The molecule has 1 aliphatic rings. The van der Waals surface area contributed by atoms with Crippen LogP contribution in [0.4, 0.5) is 4.79 Å². The molecule has 27 heavy (non-hydrogen) atoms. The molecule has 1 aliphatic heterocycles. The van der Waals surface area contributed by atoms with Crippen LogP contribution in [0.1, 0.15) is 12.8 Å². The van der Waals surface area contributed by atoms with Crippen LogP contribution in [0.3, 0.4) is 0 Å². The topological polar surface area (TPSA) is 109 Å². The highest BCUT2D eigenvalue weighted by Crippen LogP contribution is 2.25. The first-order chi connectivity index (χ1) is 12.9. The van der Waals surface area contributed by atoms with Crippen molar-refractivity contribution in [2.45, 2.75) is 31.5 Å². The van der Waals surface area contributed by atoms with Gasteiger partial charge in [0, 0.05) is 24.4 Å². The summed E-state index contributed by atoms with van der Waals surface area (Å²) < 4.78 is 7.39. The fourth-order valence-corrected chi connectivity index (χ4v) is 3.30.